The molecule has 0 radical (unpaired) electrons. The van der Waals surface area contributed by atoms with E-state index in [0.717, 1.165) is 0 Å². The summed E-state index contributed by atoms with van der Waals surface area (Å²) in [5, 5.41) is 5.24. The largest absolute Gasteiger partial charge is 0.453 e. The highest BCUT2D eigenvalue weighted by Crippen LogP contribution is 2.16. The highest BCUT2D eigenvalue weighted by Gasteiger charge is 2.07. The summed E-state index contributed by atoms with van der Waals surface area (Å²) in [6.45, 7) is 0. The van der Waals surface area contributed by atoms with E-state index in [9.17, 15) is 9.59 Å². The number of anilines is 2. The topological polar surface area (TPSA) is 80.3 Å². The van der Waals surface area contributed by atoms with Gasteiger partial charge in [0.15, 0.2) is 0 Å². The molecule has 6 nitrogen and oxygen atoms in total. The molecule has 108 valence electrons. The van der Waals surface area contributed by atoms with Crippen molar-refractivity contribution in [1.82, 2.24) is 4.98 Å². The Morgan fingerprint density at radius 1 is 1.14 bits per heavy atom. The van der Waals surface area contributed by atoms with Gasteiger partial charge in [0.25, 0.3) is 5.91 Å². The van der Waals surface area contributed by atoms with E-state index in [2.05, 4.69) is 36.3 Å². The number of pyridine rings is 1. The van der Waals surface area contributed by atoms with Crippen LogP contribution in [0.2, 0.25) is 0 Å². The molecule has 2 rings (SSSR count). The van der Waals surface area contributed by atoms with Crippen LogP contribution in [0.15, 0.2) is 47.2 Å². The predicted octanol–water partition coefficient (Wildman–Crippen LogP) is 3.27. The van der Waals surface area contributed by atoms with Gasteiger partial charge in [-0.2, -0.15) is 0 Å². The Kier molecular flexibility index (Phi) is 4.89. The van der Waals surface area contributed by atoms with Crippen LogP contribution >= 0.6 is 15.9 Å². The van der Waals surface area contributed by atoms with Crippen molar-refractivity contribution >= 4 is 39.3 Å². The van der Waals surface area contributed by atoms with Crippen molar-refractivity contribution in [2.24, 2.45) is 0 Å². The number of ether oxygens (including phenoxy) is 1. The molecule has 0 aliphatic carbocycles. The van der Waals surface area contributed by atoms with Crippen LogP contribution in [0.1, 0.15) is 10.4 Å². The lowest BCUT2D eigenvalue weighted by Gasteiger charge is -2.08. The third kappa shape index (κ3) is 4.28. The summed E-state index contributed by atoms with van der Waals surface area (Å²) in [7, 11) is 1.28. The number of hydrogen-bond acceptors (Lipinski definition) is 4. The summed E-state index contributed by atoms with van der Waals surface area (Å²) in [4.78, 5) is 27.2. The molecule has 2 aromatic rings. The van der Waals surface area contributed by atoms with Gasteiger partial charge >= 0.3 is 6.09 Å². The van der Waals surface area contributed by atoms with E-state index < -0.39 is 6.09 Å². The van der Waals surface area contributed by atoms with Gasteiger partial charge in [0.1, 0.15) is 4.60 Å². The van der Waals surface area contributed by atoms with Crippen LogP contribution in [0.5, 0.6) is 0 Å². The lowest BCUT2D eigenvalue weighted by atomic mass is 10.2. The van der Waals surface area contributed by atoms with Gasteiger partial charge in [-0.05, 0) is 46.3 Å². The fourth-order valence-electron chi connectivity index (χ4n) is 1.56. The third-order valence-electron chi connectivity index (χ3n) is 2.54. The Bertz CT molecular complexity index is 659. The number of amides is 2. The summed E-state index contributed by atoms with van der Waals surface area (Å²) < 4.78 is 5.16. The minimum Gasteiger partial charge on any atom is -0.453 e. The molecule has 0 aliphatic rings. The van der Waals surface area contributed by atoms with E-state index in [1.807, 2.05) is 0 Å². The first-order chi connectivity index (χ1) is 10.1. The van der Waals surface area contributed by atoms with Gasteiger partial charge in [0, 0.05) is 17.6 Å². The Hall–Kier alpha value is -2.41. The first-order valence-corrected chi connectivity index (χ1v) is 6.76. The summed E-state index contributed by atoms with van der Waals surface area (Å²) in [5.41, 5.74) is 1.51. The zero-order valence-corrected chi connectivity index (χ0v) is 12.7. The number of carbonyl (C=O) groups is 2. The number of nitrogens with one attached hydrogen (secondary N) is 2. The molecule has 1 aromatic heterocycles. The van der Waals surface area contributed by atoms with E-state index in [1.165, 1.54) is 13.3 Å². The number of halogens is 1. The molecular weight excluding hydrogens is 338 g/mol. The maximum atomic E-state index is 12.0. The fraction of sp³-hybridized carbons (Fsp3) is 0.0714. The molecule has 21 heavy (non-hydrogen) atoms. The minimum atomic E-state index is -0.574. The van der Waals surface area contributed by atoms with Gasteiger partial charge in [-0.15, -0.1) is 0 Å². The van der Waals surface area contributed by atoms with Crippen LogP contribution in [-0.2, 0) is 4.74 Å². The molecule has 1 heterocycles. The second-order valence-electron chi connectivity index (χ2n) is 4.02. The van der Waals surface area contributed by atoms with E-state index in [-0.39, 0.29) is 5.91 Å². The van der Waals surface area contributed by atoms with Crippen molar-refractivity contribution in [2.45, 2.75) is 0 Å². The van der Waals surface area contributed by atoms with Crippen LogP contribution in [0.4, 0.5) is 16.2 Å². The molecule has 0 spiro atoms. The van der Waals surface area contributed by atoms with Gasteiger partial charge in [0.2, 0.25) is 0 Å². The first kappa shape index (κ1) is 15.0. The standard InChI is InChI=1S/C14H12BrN3O3/c1-21-14(20)18-11-4-2-3-10(7-11)17-13(19)9-5-6-12(15)16-8-9/h2-8H,1H3,(H,17,19)(H,18,20). The van der Waals surface area contributed by atoms with Crippen LogP contribution in [0.25, 0.3) is 0 Å². The second-order valence-corrected chi connectivity index (χ2v) is 4.83. The zero-order chi connectivity index (χ0) is 15.2. The van der Waals surface area contributed by atoms with Gasteiger partial charge in [0.05, 0.1) is 12.7 Å². The number of rotatable bonds is 3. The Labute approximate surface area is 129 Å². The molecule has 0 fully saturated rings. The van der Waals surface area contributed by atoms with Crippen molar-refractivity contribution in [3.05, 3.63) is 52.8 Å². The molecule has 0 saturated carbocycles. The maximum absolute atomic E-state index is 12.0. The molecule has 0 aliphatic heterocycles. The van der Waals surface area contributed by atoms with Gasteiger partial charge in [-0.1, -0.05) is 6.07 Å². The van der Waals surface area contributed by atoms with E-state index in [1.54, 1.807) is 36.4 Å². The number of aromatic nitrogens is 1. The third-order valence-corrected chi connectivity index (χ3v) is 3.01. The quantitative estimate of drug-likeness (QED) is 0.833. The normalized spacial score (nSPS) is 9.81. The first-order valence-electron chi connectivity index (χ1n) is 5.96. The average Bonchev–Trinajstić information content (AvgIpc) is 2.48. The SMILES string of the molecule is COC(=O)Nc1cccc(NC(=O)c2ccc(Br)nc2)c1. The number of carbonyl (C=O) groups excluding carboxylic acids is 2. The van der Waals surface area contributed by atoms with E-state index in [4.69, 9.17) is 0 Å². The lowest BCUT2D eigenvalue weighted by Crippen LogP contribution is -2.13. The number of methoxy groups -OCH3 is 1. The van der Waals surface area contributed by atoms with E-state index >= 15 is 0 Å². The van der Waals surface area contributed by atoms with Crippen molar-refractivity contribution in [3.63, 3.8) is 0 Å². The molecule has 0 unspecified atom stereocenters. The van der Waals surface area contributed by atoms with Gasteiger partial charge in [-0.25, -0.2) is 9.78 Å². The Morgan fingerprint density at radius 2 is 1.86 bits per heavy atom. The molecule has 1 aromatic carbocycles. The molecule has 0 bridgehead atoms. The van der Waals surface area contributed by atoms with Crippen LogP contribution in [-0.4, -0.2) is 24.1 Å². The summed E-state index contributed by atoms with van der Waals surface area (Å²) in [5.74, 6) is -0.287. The summed E-state index contributed by atoms with van der Waals surface area (Å²) >= 11 is 3.21. The lowest BCUT2D eigenvalue weighted by molar-refractivity contribution is 0.102. The monoisotopic (exact) mass is 349 g/mol. The highest BCUT2D eigenvalue weighted by molar-refractivity contribution is 9.10. The van der Waals surface area contributed by atoms with Crippen molar-refractivity contribution < 1.29 is 14.3 Å². The van der Waals surface area contributed by atoms with Crippen LogP contribution in [0, 0.1) is 0 Å². The number of hydrogen-bond donors (Lipinski definition) is 2. The average molecular weight is 350 g/mol. The smallest absolute Gasteiger partial charge is 0.411 e. The molecule has 2 N–H and O–H groups in total. The Balaban J connectivity index is 2.08. The second kappa shape index (κ2) is 6.85. The van der Waals surface area contributed by atoms with Crippen LogP contribution < -0.4 is 10.6 Å². The zero-order valence-electron chi connectivity index (χ0n) is 11.1. The van der Waals surface area contributed by atoms with Crippen molar-refractivity contribution in [1.29, 1.82) is 0 Å². The van der Waals surface area contributed by atoms with Gasteiger partial charge in [-0.3, -0.25) is 10.1 Å². The Morgan fingerprint density at radius 3 is 2.48 bits per heavy atom. The van der Waals surface area contributed by atoms with E-state index in [0.29, 0.717) is 21.5 Å². The maximum Gasteiger partial charge on any atom is 0.411 e. The number of benzene rings is 1. The highest BCUT2D eigenvalue weighted by atomic mass is 79.9. The number of nitrogens with zero attached hydrogens (tertiary/aromatic N) is 1. The summed E-state index contributed by atoms with van der Waals surface area (Å²) in [6, 6.07) is 10.1. The van der Waals surface area contributed by atoms with Gasteiger partial charge < -0.3 is 10.1 Å². The molecular formula is C14H12BrN3O3. The molecule has 2 amide bonds. The van der Waals surface area contributed by atoms with Crippen molar-refractivity contribution in [3.8, 4) is 0 Å². The molecule has 0 saturated heterocycles. The van der Waals surface area contributed by atoms with Crippen molar-refractivity contribution in [2.75, 3.05) is 17.7 Å². The molecule has 0 atom stereocenters. The minimum absolute atomic E-state index is 0.287. The fourth-order valence-corrected chi connectivity index (χ4v) is 1.79. The summed E-state index contributed by atoms with van der Waals surface area (Å²) in [6.07, 6.45) is 0.895. The molecule has 7 heteroatoms. The predicted molar refractivity (Wildman–Crippen MR) is 82.4 cm³/mol. The van der Waals surface area contributed by atoms with Crippen LogP contribution in [0.3, 0.4) is 0 Å².